The summed E-state index contributed by atoms with van der Waals surface area (Å²) < 4.78 is 8.70. The zero-order chi connectivity index (χ0) is 16.1. The Hall–Kier alpha value is -2.47. The Kier molecular flexibility index (Phi) is 6.26. The van der Waals surface area contributed by atoms with Crippen molar-refractivity contribution in [3.8, 4) is 5.75 Å². The van der Waals surface area contributed by atoms with Crippen LogP contribution in [-0.2, 0) is 13.1 Å². The molecule has 0 aliphatic heterocycles. The Morgan fingerprint density at radius 2 is 1.83 bits per heavy atom. The molecule has 0 bridgehead atoms. The van der Waals surface area contributed by atoms with Gasteiger partial charge in [-0.3, -0.25) is 4.79 Å². The molecule has 0 radical (unpaired) electrons. The molecule has 1 heterocycles. The van der Waals surface area contributed by atoms with Crippen LogP contribution < -0.4 is 26.3 Å². The van der Waals surface area contributed by atoms with Gasteiger partial charge in [-0.1, -0.05) is 30.3 Å². The van der Waals surface area contributed by atoms with Crippen LogP contribution in [0.4, 0.5) is 0 Å². The van der Waals surface area contributed by atoms with Crippen molar-refractivity contribution >= 4 is 5.78 Å². The summed E-state index contributed by atoms with van der Waals surface area (Å²) in [6, 6.07) is 17.2. The summed E-state index contributed by atoms with van der Waals surface area (Å²) in [5, 5.41) is 4.29. The second-order valence-electron chi connectivity index (χ2n) is 5.25. The van der Waals surface area contributed by atoms with Crippen molar-refractivity contribution in [2.75, 3.05) is 7.11 Å². The van der Waals surface area contributed by atoms with E-state index in [0.29, 0.717) is 12.1 Å². The fourth-order valence-electron chi connectivity index (χ4n) is 2.33. The molecule has 0 unspecified atom stereocenters. The Bertz CT molecular complexity index is 786. The number of ether oxygens (including phenoxy) is 1. The molecule has 3 aromatic rings. The normalized spacial score (nSPS) is 10.0. The number of hydrogen-bond acceptors (Lipinski definition) is 3. The molecule has 1 aromatic heterocycles. The fraction of sp³-hybridized carbons (Fsp3) is 0.167. The zero-order valence-corrected chi connectivity index (χ0v) is 14.9. The molecule has 0 spiro atoms. The third-order valence-corrected chi connectivity index (χ3v) is 3.56. The van der Waals surface area contributed by atoms with Gasteiger partial charge in [-0.2, -0.15) is 0 Å². The summed E-state index contributed by atoms with van der Waals surface area (Å²) in [5.41, 5.74) is 1.83. The molecule has 0 aliphatic carbocycles. The van der Waals surface area contributed by atoms with Crippen LogP contribution in [0.25, 0.3) is 0 Å². The van der Waals surface area contributed by atoms with Crippen LogP contribution in [0.5, 0.6) is 5.75 Å². The molecule has 0 N–H and O–H groups in total. The minimum Gasteiger partial charge on any atom is -1.00 e. The first-order valence-electron chi connectivity index (χ1n) is 7.37. The topological polar surface area (TPSA) is 48.0 Å². The van der Waals surface area contributed by atoms with Crippen molar-refractivity contribution in [3.63, 3.8) is 0 Å². The molecule has 0 aliphatic rings. The minimum absolute atomic E-state index is 0. The molecule has 0 saturated heterocycles. The van der Waals surface area contributed by atoms with E-state index in [1.807, 2.05) is 29.2 Å². The van der Waals surface area contributed by atoms with Crippen molar-refractivity contribution in [1.29, 1.82) is 0 Å². The first-order chi connectivity index (χ1) is 11.2. The number of ketones is 1. The fourth-order valence-corrected chi connectivity index (χ4v) is 2.33. The quantitative estimate of drug-likeness (QED) is 0.407. The first-order valence-corrected chi connectivity index (χ1v) is 7.37. The highest BCUT2D eigenvalue weighted by Crippen LogP contribution is 2.11. The molecule has 124 valence electrons. The molecule has 0 saturated carbocycles. The Balaban J connectivity index is 0.00000208. The highest BCUT2D eigenvalue weighted by Gasteiger charge is 2.12. The van der Waals surface area contributed by atoms with E-state index >= 15 is 0 Å². The summed E-state index contributed by atoms with van der Waals surface area (Å²) in [5.74, 6) is 0.779. The largest absolute Gasteiger partial charge is 1.00 e. The number of halogens is 1. The lowest BCUT2D eigenvalue weighted by atomic mass is 10.1. The number of benzene rings is 2. The van der Waals surface area contributed by atoms with E-state index < -0.39 is 0 Å². The molecule has 0 fully saturated rings. The molecule has 6 heteroatoms. The average Bonchev–Trinajstić information content (AvgIpc) is 3.02. The van der Waals surface area contributed by atoms with Crippen LogP contribution in [0.15, 0.2) is 67.3 Å². The third kappa shape index (κ3) is 4.52. The maximum Gasteiger partial charge on any atom is 0.265 e. The summed E-state index contributed by atoms with van der Waals surface area (Å²) >= 11 is 0. The smallest absolute Gasteiger partial charge is 0.265 e. The lowest BCUT2D eigenvalue weighted by Crippen LogP contribution is -3.00. The Morgan fingerprint density at radius 1 is 1.12 bits per heavy atom. The molecular formula is C18H18BrN3O2. The molecule has 5 nitrogen and oxygen atoms in total. The molecule has 3 rings (SSSR count). The van der Waals surface area contributed by atoms with Crippen molar-refractivity contribution in [2.45, 2.75) is 13.1 Å². The first kappa shape index (κ1) is 17.9. The van der Waals surface area contributed by atoms with E-state index in [1.165, 1.54) is 5.56 Å². The summed E-state index contributed by atoms with van der Waals surface area (Å²) in [7, 11) is 1.60. The summed E-state index contributed by atoms with van der Waals surface area (Å²) in [6.45, 7) is 0.950. The van der Waals surface area contributed by atoms with Crippen LogP contribution in [0, 0.1) is 0 Å². The van der Waals surface area contributed by atoms with Crippen molar-refractivity contribution in [1.82, 2.24) is 9.78 Å². The maximum absolute atomic E-state index is 12.3. The van der Waals surface area contributed by atoms with Gasteiger partial charge in [0.2, 0.25) is 6.33 Å². The van der Waals surface area contributed by atoms with E-state index in [1.54, 1.807) is 42.3 Å². The van der Waals surface area contributed by atoms with Crippen molar-refractivity contribution in [3.05, 3.63) is 78.4 Å². The highest BCUT2D eigenvalue weighted by atomic mass is 79.9. The van der Waals surface area contributed by atoms with E-state index in [-0.39, 0.29) is 29.3 Å². The number of carbonyl (C=O) groups excluding carboxylic acids is 1. The van der Waals surface area contributed by atoms with Gasteiger partial charge in [0.25, 0.3) is 6.33 Å². The molecule has 0 amide bonds. The van der Waals surface area contributed by atoms with Crippen molar-refractivity contribution < 1.29 is 31.1 Å². The van der Waals surface area contributed by atoms with Crippen LogP contribution in [0.1, 0.15) is 15.9 Å². The predicted molar refractivity (Wildman–Crippen MR) is 85.3 cm³/mol. The Morgan fingerprint density at radius 3 is 2.50 bits per heavy atom. The van der Waals surface area contributed by atoms with Gasteiger partial charge in [0, 0.05) is 10.7 Å². The number of hydrogen-bond donors (Lipinski definition) is 0. The molecule has 0 atom stereocenters. The SMILES string of the molecule is COc1ccc(C(=O)C[n+]2cnn(Cc3ccccc3)c2)cc1.[Br-]. The highest BCUT2D eigenvalue weighted by molar-refractivity contribution is 5.95. The number of nitrogens with zero attached hydrogens (tertiary/aromatic N) is 3. The molecule has 2 aromatic carbocycles. The van der Waals surface area contributed by atoms with E-state index in [2.05, 4.69) is 17.2 Å². The zero-order valence-electron chi connectivity index (χ0n) is 13.3. The van der Waals surface area contributed by atoms with E-state index in [9.17, 15) is 4.79 Å². The third-order valence-electron chi connectivity index (χ3n) is 3.56. The standard InChI is InChI=1S/C18H18N3O2.BrH/c1-23-17-9-7-16(8-10-17)18(22)12-20-13-19-21(14-20)11-15-5-3-2-4-6-15;/h2-10,13-14H,11-12H2,1H3;1H/q+1;/p-1. The average molecular weight is 388 g/mol. The van der Waals surface area contributed by atoms with Crippen LogP contribution in [-0.4, -0.2) is 22.7 Å². The number of aromatic nitrogens is 3. The molecule has 24 heavy (non-hydrogen) atoms. The summed E-state index contributed by atoms with van der Waals surface area (Å²) in [4.78, 5) is 12.3. The van der Waals surface area contributed by atoms with Gasteiger partial charge in [0.15, 0.2) is 5.78 Å². The van der Waals surface area contributed by atoms with Crippen molar-refractivity contribution in [2.24, 2.45) is 0 Å². The second kappa shape index (κ2) is 8.40. The van der Waals surface area contributed by atoms with Crippen LogP contribution in [0.3, 0.4) is 0 Å². The van der Waals surface area contributed by atoms with E-state index in [0.717, 1.165) is 5.75 Å². The second-order valence-corrected chi connectivity index (χ2v) is 5.25. The van der Waals surface area contributed by atoms with Gasteiger partial charge in [0.05, 0.1) is 7.11 Å². The van der Waals surface area contributed by atoms with Gasteiger partial charge >= 0.3 is 0 Å². The molecular weight excluding hydrogens is 370 g/mol. The van der Waals surface area contributed by atoms with Crippen LogP contribution in [0.2, 0.25) is 0 Å². The number of carbonyl (C=O) groups is 1. The van der Waals surface area contributed by atoms with Gasteiger partial charge in [0.1, 0.15) is 18.8 Å². The minimum atomic E-state index is 0. The van der Waals surface area contributed by atoms with Gasteiger partial charge in [-0.15, -0.1) is 4.68 Å². The maximum atomic E-state index is 12.3. The van der Waals surface area contributed by atoms with Gasteiger partial charge in [-0.25, -0.2) is 4.57 Å². The Labute approximate surface area is 151 Å². The summed E-state index contributed by atoms with van der Waals surface area (Å²) in [6.07, 6.45) is 3.51. The predicted octanol–water partition coefficient (Wildman–Crippen LogP) is -0.886. The lowest BCUT2D eigenvalue weighted by Gasteiger charge is -2.01. The number of rotatable bonds is 6. The van der Waals surface area contributed by atoms with Gasteiger partial charge in [-0.05, 0) is 29.8 Å². The number of Topliss-reactive ketones (excluding diaryl/α,β-unsaturated/α-hetero) is 1. The van der Waals surface area contributed by atoms with Crippen LogP contribution >= 0.6 is 0 Å². The van der Waals surface area contributed by atoms with Gasteiger partial charge < -0.3 is 21.7 Å². The lowest BCUT2D eigenvalue weighted by molar-refractivity contribution is -0.683. The van der Waals surface area contributed by atoms with E-state index in [4.69, 9.17) is 4.74 Å². The number of methoxy groups -OCH3 is 1. The monoisotopic (exact) mass is 387 g/mol.